The first-order chi connectivity index (χ1) is 18.1. The molecule has 0 atom stereocenters. The normalized spacial score (nSPS) is 11.5. The first-order valence-corrected chi connectivity index (χ1v) is 12.9. The molecular weight excluding hydrogens is 517 g/mol. The SMILES string of the molecule is CC(C)(C)c1ccc(-c2ccc(-c3nc(-c4ccc(Cl)cc4Cl)c(-c4ccc([N+](=O)[O-])cc4)[nH]3)cc2)cc1. The van der Waals surface area contributed by atoms with E-state index in [-0.39, 0.29) is 11.1 Å². The van der Waals surface area contributed by atoms with E-state index in [2.05, 4.69) is 62.2 Å². The van der Waals surface area contributed by atoms with E-state index in [0.717, 1.165) is 22.3 Å². The van der Waals surface area contributed by atoms with Crippen molar-refractivity contribution >= 4 is 28.9 Å². The maximum atomic E-state index is 11.1. The highest BCUT2D eigenvalue weighted by atomic mass is 35.5. The van der Waals surface area contributed by atoms with Gasteiger partial charge in [-0.2, -0.15) is 0 Å². The molecule has 0 amide bonds. The van der Waals surface area contributed by atoms with Gasteiger partial charge in [0.1, 0.15) is 5.82 Å². The third-order valence-electron chi connectivity index (χ3n) is 6.50. The quantitative estimate of drug-likeness (QED) is 0.178. The highest BCUT2D eigenvalue weighted by Gasteiger charge is 2.19. The fourth-order valence-electron chi connectivity index (χ4n) is 4.33. The second-order valence-corrected chi connectivity index (χ2v) is 11.0. The Kier molecular flexibility index (Phi) is 6.82. The lowest BCUT2D eigenvalue weighted by atomic mass is 9.86. The summed E-state index contributed by atoms with van der Waals surface area (Å²) in [6.07, 6.45) is 0. The third-order valence-corrected chi connectivity index (χ3v) is 7.05. The van der Waals surface area contributed by atoms with Crippen LogP contribution in [-0.4, -0.2) is 14.9 Å². The summed E-state index contributed by atoms with van der Waals surface area (Å²) in [7, 11) is 0. The minimum absolute atomic E-state index is 0.0192. The molecule has 0 aliphatic carbocycles. The molecule has 0 radical (unpaired) electrons. The standard InChI is InChI=1S/C31H25Cl2N3O2/c1-31(2,3)23-12-8-20(9-13-23)19-4-6-22(7-5-19)30-34-28(21-10-15-25(16-11-21)36(37)38)29(35-30)26-17-14-24(32)18-27(26)33/h4-18H,1-3H3,(H,34,35). The Morgan fingerprint density at radius 1 is 0.763 bits per heavy atom. The molecule has 7 heteroatoms. The van der Waals surface area contributed by atoms with Crippen LogP contribution in [0.5, 0.6) is 0 Å². The van der Waals surface area contributed by atoms with Gasteiger partial charge in [-0.25, -0.2) is 4.98 Å². The Bertz CT molecular complexity index is 1620. The van der Waals surface area contributed by atoms with E-state index < -0.39 is 4.92 Å². The van der Waals surface area contributed by atoms with Crippen molar-refractivity contribution < 1.29 is 4.92 Å². The molecule has 0 saturated heterocycles. The lowest BCUT2D eigenvalue weighted by Crippen LogP contribution is -2.10. The summed E-state index contributed by atoms with van der Waals surface area (Å²) in [5, 5.41) is 12.1. The van der Waals surface area contributed by atoms with Crippen LogP contribution in [0.4, 0.5) is 5.69 Å². The van der Waals surface area contributed by atoms with Gasteiger partial charge in [0.15, 0.2) is 0 Å². The van der Waals surface area contributed by atoms with Crippen LogP contribution in [0, 0.1) is 10.1 Å². The molecule has 1 N–H and O–H groups in total. The summed E-state index contributed by atoms with van der Waals surface area (Å²) in [5.74, 6) is 0.661. The molecule has 0 bridgehead atoms. The molecule has 5 rings (SSSR count). The molecule has 0 unspecified atom stereocenters. The molecule has 38 heavy (non-hydrogen) atoms. The second kappa shape index (κ2) is 10.1. The van der Waals surface area contributed by atoms with E-state index in [1.54, 1.807) is 24.3 Å². The average Bonchev–Trinajstić information content (AvgIpc) is 3.33. The minimum atomic E-state index is -0.419. The van der Waals surface area contributed by atoms with Gasteiger partial charge < -0.3 is 4.98 Å². The number of rotatable bonds is 5. The van der Waals surface area contributed by atoms with Gasteiger partial charge in [-0.1, -0.05) is 92.5 Å². The van der Waals surface area contributed by atoms with Gasteiger partial charge in [0.05, 0.1) is 21.3 Å². The summed E-state index contributed by atoms with van der Waals surface area (Å²) in [6.45, 7) is 6.61. The van der Waals surface area contributed by atoms with Crippen molar-refractivity contribution in [3.05, 3.63) is 117 Å². The maximum absolute atomic E-state index is 11.1. The van der Waals surface area contributed by atoms with Crippen LogP contribution in [-0.2, 0) is 5.41 Å². The van der Waals surface area contributed by atoms with Gasteiger partial charge in [0.2, 0.25) is 0 Å². The zero-order valence-corrected chi connectivity index (χ0v) is 22.6. The Morgan fingerprint density at radius 3 is 1.87 bits per heavy atom. The first-order valence-electron chi connectivity index (χ1n) is 12.1. The van der Waals surface area contributed by atoms with Crippen molar-refractivity contribution in [3.63, 3.8) is 0 Å². The van der Waals surface area contributed by atoms with Gasteiger partial charge in [-0.15, -0.1) is 0 Å². The predicted molar refractivity (Wildman–Crippen MR) is 156 cm³/mol. The zero-order valence-electron chi connectivity index (χ0n) is 21.1. The van der Waals surface area contributed by atoms with Crippen molar-refractivity contribution in [1.29, 1.82) is 0 Å². The van der Waals surface area contributed by atoms with Gasteiger partial charge in [0, 0.05) is 33.8 Å². The van der Waals surface area contributed by atoms with Gasteiger partial charge in [0.25, 0.3) is 5.69 Å². The zero-order chi connectivity index (χ0) is 27.0. The Labute approximate surface area is 231 Å². The van der Waals surface area contributed by atoms with Crippen LogP contribution in [0.1, 0.15) is 26.3 Å². The molecule has 1 aromatic heterocycles. The van der Waals surface area contributed by atoms with E-state index >= 15 is 0 Å². The van der Waals surface area contributed by atoms with Crippen LogP contribution in [0.2, 0.25) is 10.0 Å². The summed E-state index contributed by atoms with van der Waals surface area (Å²) >= 11 is 12.7. The maximum Gasteiger partial charge on any atom is 0.269 e. The smallest absolute Gasteiger partial charge is 0.269 e. The highest BCUT2D eigenvalue weighted by Crippen LogP contribution is 2.38. The van der Waals surface area contributed by atoms with E-state index in [0.29, 0.717) is 32.8 Å². The third kappa shape index (κ3) is 5.21. The Morgan fingerprint density at radius 2 is 1.32 bits per heavy atom. The number of nitro groups is 1. The van der Waals surface area contributed by atoms with Crippen LogP contribution < -0.4 is 0 Å². The van der Waals surface area contributed by atoms with Crippen molar-refractivity contribution in [2.24, 2.45) is 0 Å². The lowest BCUT2D eigenvalue weighted by Gasteiger charge is -2.19. The fraction of sp³-hybridized carbons (Fsp3) is 0.129. The largest absolute Gasteiger partial charge is 0.337 e. The molecule has 0 saturated carbocycles. The van der Waals surface area contributed by atoms with Crippen molar-refractivity contribution in [2.75, 3.05) is 0 Å². The van der Waals surface area contributed by atoms with Gasteiger partial charge in [-0.3, -0.25) is 10.1 Å². The number of nitro benzene ring substituents is 1. The second-order valence-electron chi connectivity index (χ2n) is 10.1. The number of imidazole rings is 1. The molecule has 1 heterocycles. The number of aromatic nitrogens is 2. The number of benzene rings is 4. The molecule has 4 aromatic carbocycles. The van der Waals surface area contributed by atoms with Crippen molar-refractivity contribution in [3.8, 4) is 45.0 Å². The predicted octanol–water partition coefficient (Wildman–Crippen LogP) is 9.59. The summed E-state index contributed by atoms with van der Waals surface area (Å²) in [6, 6.07) is 28.5. The summed E-state index contributed by atoms with van der Waals surface area (Å²) < 4.78 is 0. The average molecular weight is 542 g/mol. The van der Waals surface area contributed by atoms with Crippen LogP contribution >= 0.6 is 23.2 Å². The number of non-ortho nitro benzene ring substituents is 1. The lowest BCUT2D eigenvalue weighted by molar-refractivity contribution is -0.384. The first kappa shape index (κ1) is 25.7. The van der Waals surface area contributed by atoms with Crippen LogP contribution in [0.3, 0.4) is 0 Å². The molecule has 5 aromatic rings. The van der Waals surface area contributed by atoms with Crippen molar-refractivity contribution in [2.45, 2.75) is 26.2 Å². The number of halogens is 2. The number of H-pyrrole nitrogens is 1. The number of aromatic amines is 1. The van der Waals surface area contributed by atoms with Gasteiger partial charge in [-0.05, 0) is 52.4 Å². The van der Waals surface area contributed by atoms with Crippen LogP contribution in [0.15, 0.2) is 91.0 Å². The number of nitrogens with zero attached hydrogens (tertiary/aromatic N) is 2. The minimum Gasteiger partial charge on any atom is -0.337 e. The van der Waals surface area contributed by atoms with E-state index in [4.69, 9.17) is 28.2 Å². The Balaban J connectivity index is 1.54. The summed E-state index contributed by atoms with van der Waals surface area (Å²) in [4.78, 5) is 19.0. The van der Waals surface area contributed by atoms with E-state index in [1.165, 1.54) is 17.7 Å². The topological polar surface area (TPSA) is 71.8 Å². The molecule has 0 aliphatic rings. The van der Waals surface area contributed by atoms with Gasteiger partial charge >= 0.3 is 0 Å². The molecule has 0 spiro atoms. The molecule has 0 aliphatic heterocycles. The Hall–Kier alpha value is -3.93. The number of hydrogen-bond donors (Lipinski definition) is 1. The number of nitrogens with one attached hydrogen (secondary N) is 1. The van der Waals surface area contributed by atoms with E-state index in [9.17, 15) is 10.1 Å². The van der Waals surface area contributed by atoms with Crippen LogP contribution in [0.25, 0.3) is 45.0 Å². The molecule has 5 nitrogen and oxygen atoms in total. The molecular formula is C31H25Cl2N3O2. The fourth-order valence-corrected chi connectivity index (χ4v) is 4.83. The van der Waals surface area contributed by atoms with E-state index in [1.807, 2.05) is 18.2 Å². The molecule has 190 valence electrons. The highest BCUT2D eigenvalue weighted by molar-refractivity contribution is 6.36. The monoisotopic (exact) mass is 541 g/mol. The molecule has 0 fully saturated rings. The van der Waals surface area contributed by atoms with Crippen molar-refractivity contribution in [1.82, 2.24) is 9.97 Å². The number of hydrogen-bond acceptors (Lipinski definition) is 3. The summed E-state index contributed by atoms with van der Waals surface area (Å²) in [5.41, 5.74) is 7.38.